The third-order valence-electron chi connectivity index (χ3n) is 6.12. The standard InChI is InChI=1S/C27H32N2O7/c1-18(30)22(13-19-7-5-4-6-8-19)28-25(31)17-36-27(33)21-15-26(32)29(16-21)12-11-20-9-10-23(34-2)24(14-20)35-3/h4-10,14,21-22H,11-13,15-17H2,1-3H3,(H,28,31)/t21-,22+/m0/s1. The zero-order valence-electron chi connectivity index (χ0n) is 20.8. The van der Waals surface area contributed by atoms with E-state index in [0.717, 1.165) is 11.1 Å². The van der Waals surface area contributed by atoms with Crippen molar-refractivity contribution in [3.8, 4) is 11.5 Å². The van der Waals surface area contributed by atoms with Crippen LogP contribution in [0.3, 0.4) is 0 Å². The summed E-state index contributed by atoms with van der Waals surface area (Å²) in [5.74, 6) is -0.892. The molecule has 1 N–H and O–H groups in total. The van der Waals surface area contributed by atoms with Crippen molar-refractivity contribution < 1.29 is 33.4 Å². The first kappa shape index (κ1) is 26.7. The summed E-state index contributed by atoms with van der Waals surface area (Å²) in [5, 5.41) is 2.62. The fraction of sp³-hybridized carbons (Fsp3) is 0.407. The summed E-state index contributed by atoms with van der Waals surface area (Å²) in [6.07, 6.45) is 0.975. The van der Waals surface area contributed by atoms with Gasteiger partial charge in [0.25, 0.3) is 5.91 Å². The summed E-state index contributed by atoms with van der Waals surface area (Å²) in [4.78, 5) is 50.8. The minimum atomic E-state index is -0.710. The summed E-state index contributed by atoms with van der Waals surface area (Å²) >= 11 is 0. The van der Waals surface area contributed by atoms with Gasteiger partial charge in [-0.05, 0) is 43.0 Å². The quantitative estimate of drug-likeness (QED) is 0.447. The molecule has 2 aromatic carbocycles. The van der Waals surface area contributed by atoms with Gasteiger partial charge >= 0.3 is 5.97 Å². The number of rotatable bonds is 12. The third kappa shape index (κ3) is 7.31. The van der Waals surface area contributed by atoms with E-state index in [1.807, 2.05) is 48.5 Å². The molecule has 0 saturated carbocycles. The number of likely N-dealkylation sites (tertiary alicyclic amines) is 1. The topological polar surface area (TPSA) is 111 Å². The molecule has 1 heterocycles. The number of nitrogens with one attached hydrogen (secondary N) is 1. The van der Waals surface area contributed by atoms with Gasteiger partial charge in [0.15, 0.2) is 23.9 Å². The molecule has 0 aromatic heterocycles. The summed E-state index contributed by atoms with van der Waals surface area (Å²) in [5.41, 5.74) is 1.88. The Bertz CT molecular complexity index is 1090. The van der Waals surface area contributed by atoms with Crippen LogP contribution >= 0.6 is 0 Å². The lowest BCUT2D eigenvalue weighted by Gasteiger charge is -2.18. The number of esters is 1. The van der Waals surface area contributed by atoms with Crippen molar-refractivity contribution in [2.24, 2.45) is 5.92 Å². The Labute approximate surface area is 210 Å². The second-order valence-corrected chi connectivity index (χ2v) is 8.71. The van der Waals surface area contributed by atoms with E-state index in [0.29, 0.717) is 30.9 Å². The van der Waals surface area contributed by atoms with Gasteiger partial charge in [-0.1, -0.05) is 36.4 Å². The van der Waals surface area contributed by atoms with E-state index in [9.17, 15) is 19.2 Å². The molecule has 3 rings (SSSR count). The maximum atomic E-state index is 12.5. The van der Waals surface area contributed by atoms with Crippen LogP contribution in [0.4, 0.5) is 0 Å². The van der Waals surface area contributed by atoms with E-state index >= 15 is 0 Å². The molecule has 0 aliphatic carbocycles. The number of ketones is 1. The number of nitrogens with zero attached hydrogens (tertiary/aromatic N) is 1. The van der Waals surface area contributed by atoms with Gasteiger partial charge in [-0.15, -0.1) is 0 Å². The molecule has 0 radical (unpaired) electrons. The maximum absolute atomic E-state index is 12.5. The molecule has 36 heavy (non-hydrogen) atoms. The molecule has 2 aromatic rings. The summed E-state index contributed by atoms with van der Waals surface area (Å²) in [6, 6.07) is 14.2. The number of ether oxygens (including phenoxy) is 3. The van der Waals surface area contributed by atoms with E-state index in [1.165, 1.54) is 6.92 Å². The number of benzene rings is 2. The van der Waals surface area contributed by atoms with E-state index in [1.54, 1.807) is 19.1 Å². The van der Waals surface area contributed by atoms with Crippen molar-refractivity contribution in [1.82, 2.24) is 10.2 Å². The molecule has 9 nitrogen and oxygen atoms in total. The van der Waals surface area contributed by atoms with Gasteiger partial charge < -0.3 is 24.4 Å². The molecule has 1 aliphatic heterocycles. The predicted octanol–water partition coefficient (Wildman–Crippen LogP) is 1.95. The largest absolute Gasteiger partial charge is 0.493 e. The first-order valence-electron chi connectivity index (χ1n) is 11.8. The fourth-order valence-corrected chi connectivity index (χ4v) is 4.08. The van der Waals surface area contributed by atoms with Crippen LogP contribution in [0, 0.1) is 5.92 Å². The summed E-state index contributed by atoms with van der Waals surface area (Å²) in [6.45, 7) is 1.57. The van der Waals surface area contributed by atoms with Crippen LogP contribution in [0.1, 0.15) is 24.5 Å². The van der Waals surface area contributed by atoms with Crippen LogP contribution in [0.5, 0.6) is 11.5 Å². The van der Waals surface area contributed by atoms with Crippen LogP contribution in [0.15, 0.2) is 48.5 Å². The highest BCUT2D eigenvalue weighted by atomic mass is 16.5. The predicted molar refractivity (Wildman–Crippen MR) is 132 cm³/mol. The van der Waals surface area contributed by atoms with Crippen LogP contribution in [-0.2, 0) is 36.8 Å². The van der Waals surface area contributed by atoms with Crippen molar-refractivity contribution in [1.29, 1.82) is 0 Å². The highest BCUT2D eigenvalue weighted by Gasteiger charge is 2.35. The van der Waals surface area contributed by atoms with Gasteiger partial charge in [0.1, 0.15) is 0 Å². The monoisotopic (exact) mass is 496 g/mol. The molecular formula is C27H32N2O7. The van der Waals surface area contributed by atoms with Gasteiger partial charge in [0.05, 0.1) is 26.2 Å². The Morgan fingerprint density at radius 3 is 2.42 bits per heavy atom. The first-order chi connectivity index (χ1) is 17.3. The minimum Gasteiger partial charge on any atom is -0.493 e. The Morgan fingerprint density at radius 2 is 1.75 bits per heavy atom. The SMILES string of the molecule is COc1ccc(CCN2C[C@@H](C(=O)OCC(=O)N[C@H](Cc3ccccc3)C(C)=O)CC2=O)cc1OC. The fourth-order valence-electron chi connectivity index (χ4n) is 4.08. The van der Waals surface area contributed by atoms with Crippen molar-refractivity contribution in [3.63, 3.8) is 0 Å². The number of amides is 2. The Hall–Kier alpha value is -3.88. The molecular weight excluding hydrogens is 464 g/mol. The molecule has 0 spiro atoms. The number of Topliss-reactive ketones (excluding diaryl/α,β-unsaturated/α-hetero) is 1. The number of carbonyl (C=O) groups excluding carboxylic acids is 4. The molecule has 192 valence electrons. The highest BCUT2D eigenvalue weighted by molar-refractivity contribution is 5.90. The summed E-state index contributed by atoms with van der Waals surface area (Å²) in [7, 11) is 3.13. The van der Waals surface area contributed by atoms with Gasteiger partial charge in [0, 0.05) is 19.5 Å². The molecule has 9 heteroatoms. The van der Waals surface area contributed by atoms with Crippen LogP contribution < -0.4 is 14.8 Å². The Kier molecular flexibility index (Phi) is 9.44. The van der Waals surface area contributed by atoms with Crippen LogP contribution in [0.2, 0.25) is 0 Å². The third-order valence-corrected chi connectivity index (χ3v) is 6.12. The molecule has 2 amide bonds. The van der Waals surface area contributed by atoms with E-state index in [4.69, 9.17) is 14.2 Å². The molecule has 0 unspecified atom stereocenters. The van der Waals surface area contributed by atoms with Gasteiger partial charge in [-0.25, -0.2) is 0 Å². The number of carbonyl (C=O) groups is 4. The Morgan fingerprint density at radius 1 is 1.03 bits per heavy atom. The Balaban J connectivity index is 1.45. The maximum Gasteiger partial charge on any atom is 0.311 e. The van der Waals surface area contributed by atoms with Gasteiger partial charge in [0.2, 0.25) is 5.91 Å². The van der Waals surface area contributed by atoms with E-state index in [-0.39, 0.29) is 24.7 Å². The van der Waals surface area contributed by atoms with Gasteiger partial charge in [-0.2, -0.15) is 0 Å². The number of hydrogen-bond donors (Lipinski definition) is 1. The molecule has 2 atom stereocenters. The summed E-state index contributed by atoms with van der Waals surface area (Å²) < 4.78 is 15.7. The molecule has 1 saturated heterocycles. The van der Waals surface area contributed by atoms with E-state index < -0.39 is 30.4 Å². The second kappa shape index (κ2) is 12.7. The van der Waals surface area contributed by atoms with Crippen molar-refractivity contribution >= 4 is 23.6 Å². The van der Waals surface area contributed by atoms with Crippen LogP contribution in [-0.4, -0.2) is 68.4 Å². The average Bonchev–Trinajstić information content (AvgIpc) is 3.26. The lowest BCUT2D eigenvalue weighted by molar-refractivity contribution is -0.152. The minimum absolute atomic E-state index is 0.0382. The van der Waals surface area contributed by atoms with Crippen LogP contribution in [0.25, 0.3) is 0 Å². The van der Waals surface area contributed by atoms with Crippen molar-refractivity contribution in [3.05, 3.63) is 59.7 Å². The number of hydrogen-bond acceptors (Lipinski definition) is 7. The molecule has 1 aliphatic rings. The van der Waals surface area contributed by atoms with Gasteiger partial charge in [-0.3, -0.25) is 19.2 Å². The first-order valence-corrected chi connectivity index (χ1v) is 11.8. The average molecular weight is 497 g/mol. The molecule has 1 fully saturated rings. The molecule has 0 bridgehead atoms. The lowest BCUT2D eigenvalue weighted by Crippen LogP contribution is -2.43. The zero-order chi connectivity index (χ0) is 26.1. The van der Waals surface area contributed by atoms with E-state index in [2.05, 4.69) is 5.32 Å². The number of methoxy groups -OCH3 is 2. The smallest absolute Gasteiger partial charge is 0.311 e. The van der Waals surface area contributed by atoms with Crippen molar-refractivity contribution in [2.45, 2.75) is 32.2 Å². The normalized spacial score (nSPS) is 15.8. The lowest BCUT2D eigenvalue weighted by atomic mass is 10.0. The van der Waals surface area contributed by atoms with Crippen molar-refractivity contribution in [2.75, 3.05) is 33.9 Å². The zero-order valence-corrected chi connectivity index (χ0v) is 20.8. The second-order valence-electron chi connectivity index (χ2n) is 8.71. The highest BCUT2D eigenvalue weighted by Crippen LogP contribution is 2.28.